The van der Waals surface area contributed by atoms with Crippen LogP contribution >= 0.6 is 0 Å². The molecule has 2 N–H and O–H groups in total. The third-order valence-electron chi connectivity index (χ3n) is 5.15. The van der Waals surface area contributed by atoms with Crippen LogP contribution in [0.5, 0.6) is 0 Å². The molecule has 3 rings (SSSR count). The highest BCUT2D eigenvalue weighted by molar-refractivity contribution is 5.96. The highest BCUT2D eigenvalue weighted by Gasteiger charge is 2.23. The molecule has 0 aromatic heterocycles. The van der Waals surface area contributed by atoms with E-state index < -0.39 is 0 Å². The van der Waals surface area contributed by atoms with Gasteiger partial charge in [0, 0.05) is 12.1 Å². The number of hydrogen-bond donors (Lipinski definition) is 2. The molecule has 148 valence electrons. The Balaban J connectivity index is 1.54. The summed E-state index contributed by atoms with van der Waals surface area (Å²) in [6.45, 7) is 6.55. The van der Waals surface area contributed by atoms with Crippen molar-refractivity contribution in [1.29, 1.82) is 0 Å². The minimum atomic E-state index is -0.221. The molecule has 2 amide bonds. The van der Waals surface area contributed by atoms with Gasteiger partial charge < -0.3 is 10.6 Å². The van der Waals surface area contributed by atoms with E-state index in [-0.39, 0.29) is 24.4 Å². The third kappa shape index (κ3) is 5.42. The number of amides is 2. The summed E-state index contributed by atoms with van der Waals surface area (Å²) in [5.41, 5.74) is 3.87. The van der Waals surface area contributed by atoms with Gasteiger partial charge in [-0.05, 0) is 57.5 Å². The molecular formula is C23H29N3O2. The fourth-order valence-corrected chi connectivity index (χ4v) is 3.83. The van der Waals surface area contributed by atoms with Gasteiger partial charge in [0.1, 0.15) is 0 Å². The smallest absolute Gasteiger partial charge is 0.251 e. The maximum Gasteiger partial charge on any atom is 0.251 e. The molecule has 1 fully saturated rings. The number of nitrogens with zero attached hydrogens (tertiary/aromatic N) is 1. The van der Waals surface area contributed by atoms with Crippen molar-refractivity contribution in [2.75, 3.05) is 26.2 Å². The Morgan fingerprint density at radius 1 is 0.964 bits per heavy atom. The molecule has 1 heterocycles. The predicted octanol–water partition coefficient (Wildman–Crippen LogP) is 2.99. The van der Waals surface area contributed by atoms with Crippen molar-refractivity contribution in [3.63, 3.8) is 0 Å². The van der Waals surface area contributed by atoms with Crippen LogP contribution in [-0.2, 0) is 4.79 Å². The Bertz CT molecular complexity index is 794. The second-order valence-electron chi connectivity index (χ2n) is 7.53. The number of carbonyl (C=O) groups is 2. The number of aryl methyl sites for hydroxylation is 2. The molecular weight excluding hydrogens is 350 g/mol. The second kappa shape index (κ2) is 9.51. The molecule has 1 saturated heterocycles. The van der Waals surface area contributed by atoms with Crippen LogP contribution in [0.1, 0.15) is 45.9 Å². The van der Waals surface area contributed by atoms with Gasteiger partial charge in [-0.1, -0.05) is 47.5 Å². The Labute approximate surface area is 167 Å². The summed E-state index contributed by atoms with van der Waals surface area (Å²) in [7, 11) is 0. The zero-order chi connectivity index (χ0) is 19.9. The lowest BCUT2D eigenvalue weighted by Crippen LogP contribution is -2.41. The van der Waals surface area contributed by atoms with Crippen LogP contribution in [0.15, 0.2) is 48.5 Å². The Morgan fingerprint density at radius 3 is 2.25 bits per heavy atom. The molecule has 2 aromatic rings. The van der Waals surface area contributed by atoms with Crippen molar-refractivity contribution >= 4 is 11.8 Å². The van der Waals surface area contributed by atoms with Crippen LogP contribution < -0.4 is 10.6 Å². The van der Waals surface area contributed by atoms with E-state index in [1.807, 2.05) is 50.2 Å². The first-order valence-electron chi connectivity index (χ1n) is 9.95. The van der Waals surface area contributed by atoms with E-state index >= 15 is 0 Å². The maximum absolute atomic E-state index is 12.3. The van der Waals surface area contributed by atoms with Crippen LogP contribution in [0.3, 0.4) is 0 Å². The normalized spacial score (nSPS) is 15.2. The fourth-order valence-electron chi connectivity index (χ4n) is 3.83. The minimum absolute atomic E-state index is 0.0205. The molecule has 1 aliphatic heterocycles. The van der Waals surface area contributed by atoms with Crippen LogP contribution in [0, 0.1) is 13.8 Å². The summed E-state index contributed by atoms with van der Waals surface area (Å²) in [6, 6.07) is 16.1. The quantitative estimate of drug-likeness (QED) is 0.777. The number of hydrogen-bond acceptors (Lipinski definition) is 3. The van der Waals surface area contributed by atoms with Crippen molar-refractivity contribution in [2.45, 2.75) is 32.7 Å². The molecule has 5 heteroatoms. The van der Waals surface area contributed by atoms with Crippen LogP contribution in [0.25, 0.3) is 0 Å². The molecule has 28 heavy (non-hydrogen) atoms. The second-order valence-corrected chi connectivity index (χ2v) is 7.53. The number of likely N-dealkylation sites (tertiary alicyclic amines) is 1. The van der Waals surface area contributed by atoms with Crippen molar-refractivity contribution in [3.8, 4) is 0 Å². The first kappa shape index (κ1) is 20.1. The van der Waals surface area contributed by atoms with Crippen LogP contribution in [0.4, 0.5) is 0 Å². The first-order valence-corrected chi connectivity index (χ1v) is 9.95. The molecule has 0 spiro atoms. The fraction of sp³-hybridized carbons (Fsp3) is 0.391. The highest BCUT2D eigenvalue weighted by atomic mass is 16.2. The number of nitrogens with one attached hydrogen (secondary N) is 2. The molecule has 2 aromatic carbocycles. The largest absolute Gasteiger partial charge is 0.353 e. The summed E-state index contributed by atoms with van der Waals surface area (Å²) in [5.74, 6) is -0.390. The van der Waals surface area contributed by atoms with Gasteiger partial charge in [0.05, 0.1) is 12.6 Å². The first-order chi connectivity index (χ1) is 13.5. The number of rotatable bonds is 7. The average molecular weight is 380 g/mol. The Morgan fingerprint density at radius 2 is 1.61 bits per heavy atom. The summed E-state index contributed by atoms with van der Waals surface area (Å²) in [5, 5.41) is 5.71. The molecule has 1 unspecified atom stereocenters. The van der Waals surface area contributed by atoms with E-state index in [2.05, 4.69) is 27.7 Å². The van der Waals surface area contributed by atoms with Crippen molar-refractivity contribution in [1.82, 2.24) is 15.5 Å². The molecule has 0 saturated carbocycles. The topological polar surface area (TPSA) is 61.4 Å². The lowest BCUT2D eigenvalue weighted by molar-refractivity contribution is -0.120. The highest BCUT2D eigenvalue weighted by Crippen LogP contribution is 2.24. The van der Waals surface area contributed by atoms with E-state index in [1.165, 1.54) is 18.4 Å². The Kier molecular flexibility index (Phi) is 6.82. The lowest BCUT2D eigenvalue weighted by Gasteiger charge is -2.28. The molecule has 1 aliphatic rings. The van der Waals surface area contributed by atoms with Gasteiger partial charge in [-0.2, -0.15) is 0 Å². The van der Waals surface area contributed by atoms with E-state index in [1.54, 1.807) is 0 Å². The summed E-state index contributed by atoms with van der Waals surface area (Å²) in [6.07, 6.45) is 2.40. The van der Waals surface area contributed by atoms with Gasteiger partial charge in [0.25, 0.3) is 5.91 Å². The van der Waals surface area contributed by atoms with Gasteiger partial charge in [-0.25, -0.2) is 0 Å². The molecule has 5 nitrogen and oxygen atoms in total. The van der Waals surface area contributed by atoms with Crippen molar-refractivity contribution in [3.05, 3.63) is 70.8 Å². The van der Waals surface area contributed by atoms with E-state index in [4.69, 9.17) is 0 Å². The lowest BCUT2D eigenvalue weighted by atomic mass is 10.1. The molecule has 0 radical (unpaired) electrons. The SMILES string of the molecule is Cc1cc(C)cc(C(=O)NCC(=O)NCC(c2ccccc2)N2CCCC2)c1. The van der Waals surface area contributed by atoms with E-state index in [9.17, 15) is 9.59 Å². The van der Waals surface area contributed by atoms with Crippen LogP contribution in [-0.4, -0.2) is 42.9 Å². The van der Waals surface area contributed by atoms with E-state index in [0.717, 1.165) is 24.2 Å². The van der Waals surface area contributed by atoms with Crippen LogP contribution in [0.2, 0.25) is 0 Å². The van der Waals surface area contributed by atoms with Crippen molar-refractivity contribution in [2.24, 2.45) is 0 Å². The summed E-state index contributed by atoms with van der Waals surface area (Å²) >= 11 is 0. The third-order valence-corrected chi connectivity index (χ3v) is 5.15. The predicted molar refractivity (Wildman–Crippen MR) is 111 cm³/mol. The minimum Gasteiger partial charge on any atom is -0.353 e. The van der Waals surface area contributed by atoms with Gasteiger partial charge in [0.15, 0.2) is 0 Å². The Hall–Kier alpha value is -2.66. The molecule has 0 bridgehead atoms. The van der Waals surface area contributed by atoms with Gasteiger partial charge in [-0.3, -0.25) is 14.5 Å². The molecule has 1 atom stereocenters. The number of carbonyl (C=O) groups excluding carboxylic acids is 2. The van der Waals surface area contributed by atoms with Gasteiger partial charge in [-0.15, -0.1) is 0 Å². The maximum atomic E-state index is 12.3. The average Bonchev–Trinajstić information content (AvgIpc) is 3.21. The number of benzene rings is 2. The van der Waals surface area contributed by atoms with E-state index in [0.29, 0.717) is 12.1 Å². The monoisotopic (exact) mass is 379 g/mol. The zero-order valence-corrected chi connectivity index (χ0v) is 16.7. The summed E-state index contributed by atoms with van der Waals surface area (Å²) < 4.78 is 0. The van der Waals surface area contributed by atoms with Gasteiger partial charge in [0.2, 0.25) is 5.91 Å². The summed E-state index contributed by atoms with van der Waals surface area (Å²) in [4.78, 5) is 27.1. The standard InChI is InChI=1S/C23H29N3O2/c1-17-12-18(2)14-20(13-17)23(28)25-16-22(27)24-15-21(26-10-6-7-11-26)19-8-4-3-5-9-19/h3-5,8-9,12-14,21H,6-7,10-11,15-16H2,1-2H3,(H,24,27)(H,25,28). The van der Waals surface area contributed by atoms with Crippen molar-refractivity contribution < 1.29 is 9.59 Å². The molecule has 0 aliphatic carbocycles. The zero-order valence-electron chi connectivity index (χ0n) is 16.7. The van der Waals surface area contributed by atoms with Gasteiger partial charge >= 0.3 is 0 Å².